The Kier molecular flexibility index (Phi) is 5.48. The molecular weight excluding hydrogens is 438 g/mol. The number of para-hydroxylation sites is 1. The lowest BCUT2D eigenvalue weighted by molar-refractivity contribution is 0.0469. The first-order chi connectivity index (χ1) is 16.5. The van der Waals surface area contributed by atoms with Crippen LogP contribution in [0.1, 0.15) is 27.2 Å². The summed E-state index contributed by atoms with van der Waals surface area (Å²) in [5.74, 6) is -0.760. The average molecular weight is 457 g/mol. The van der Waals surface area contributed by atoms with E-state index in [4.69, 9.17) is 14.9 Å². The molecule has 10 heteroatoms. The van der Waals surface area contributed by atoms with Gasteiger partial charge in [0.1, 0.15) is 29.1 Å². The molecule has 10 nitrogen and oxygen atoms in total. The number of rotatable bonds is 6. The Morgan fingerprint density at radius 3 is 2.76 bits per heavy atom. The summed E-state index contributed by atoms with van der Waals surface area (Å²) in [5.41, 5.74) is 7.63. The van der Waals surface area contributed by atoms with Crippen molar-refractivity contribution in [1.82, 2.24) is 20.0 Å². The number of anilines is 1. The molecule has 2 heterocycles. The summed E-state index contributed by atoms with van der Waals surface area (Å²) >= 11 is 0. The summed E-state index contributed by atoms with van der Waals surface area (Å²) in [4.78, 5) is 29.8. The second-order valence-corrected chi connectivity index (χ2v) is 7.62. The molecule has 1 aliphatic heterocycles. The standard InChI is InChI=1S/C24H19N5O5/c25-21-17(31)9-19-23(26-22-15(12-30)7-4-8-18(22)34-19)20(21)24(32)33-13-16-11-29(28-27-16)10-14-5-2-1-3-6-14/h1-9,11,30H,10,12-13,25H2. The van der Waals surface area contributed by atoms with Crippen LogP contribution in [0.25, 0.3) is 22.6 Å². The summed E-state index contributed by atoms with van der Waals surface area (Å²) in [6, 6.07) is 15.9. The Hall–Kier alpha value is -4.57. The zero-order chi connectivity index (χ0) is 23.7. The minimum atomic E-state index is -0.846. The zero-order valence-electron chi connectivity index (χ0n) is 17.8. The maximum atomic E-state index is 13.0. The van der Waals surface area contributed by atoms with Crippen molar-refractivity contribution in [3.05, 3.63) is 93.4 Å². The van der Waals surface area contributed by atoms with Crippen LogP contribution in [0.15, 0.2) is 70.0 Å². The van der Waals surface area contributed by atoms with Crippen LogP contribution in [0.3, 0.4) is 0 Å². The molecule has 5 rings (SSSR count). The first-order valence-corrected chi connectivity index (χ1v) is 10.4. The van der Waals surface area contributed by atoms with E-state index in [1.807, 2.05) is 30.3 Å². The lowest BCUT2D eigenvalue weighted by Crippen LogP contribution is -2.19. The van der Waals surface area contributed by atoms with E-state index in [2.05, 4.69) is 15.3 Å². The lowest BCUT2D eigenvalue weighted by atomic mass is 10.1. The third-order valence-corrected chi connectivity index (χ3v) is 5.29. The topological polar surface area (TPSA) is 146 Å². The van der Waals surface area contributed by atoms with Gasteiger partial charge in [-0.05, 0) is 11.6 Å². The van der Waals surface area contributed by atoms with Gasteiger partial charge in [-0.15, -0.1) is 5.10 Å². The number of nitrogens with two attached hydrogens (primary N) is 1. The van der Waals surface area contributed by atoms with Crippen molar-refractivity contribution in [1.29, 1.82) is 0 Å². The fourth-order valence-electron chi connectivity index (χ4n) is 3.63. The number of nitrogens with zero attached hydrogens (tertiary/aromatic N) is 4. The van der Waals surface area contributed by atoms with Gasteiger partial charge in [-0.2, -0.15) is 0 Å². The number of hydrogen-bond donors (Lipinski definition) is 2. The summed E-state index contributed by atoms with van der Waals surface area (Å²) in [5, 5.41) is 17.7. The van der Waals surface area contributed by atoms with Crippen LogP contribution in [0.4, 0.5) is 5.69 Å². The molecule has 170 valence electrons. The van der Waals surface area contributed by atoms with E-state index in [1.165, 1.54) is 6.07 Å². The molecule has 1 aromatic heterocycles. The molecule has 0 radical (unpaired) electrons. The average Bonchev–Trinajstić information content (AvgIpc) is 3.29. The van der Waals surface area contributed by atoms with Gasteiger partial charge in [0.15, 0.2) is 11.3 Å². The quantitative estimate of drug-likeness (QED) is 0.223. The summed E-state index contributed by atoms with van der Waals surface area (Å²) in [7, 11) is 0. The van der Waals surface area contributed by atoms with Crippen LogP contribution in [0, 0.1) is 0 Å². The van der Waals surface area contributed by atoms with Crippen molar-refractivity contribution >= 4 is 22.8 Å². The van der Waals surface area contributed by atoms with Gasteiger partial charge < -0.3 is 20.0 Å². The highest BCUT2D eigenvalue weighted by Crippen LogP contribution is 2.31. The van der Waals surface area contributed by atoms with E-state index >= 15 is 0 Å². The third kappa shape index (κ3) is 3.97. The first kappa shape index (κ1) is 21.3. The molecule has 3 aromatic rings. The number of hydrogen-bond acceptors (Lipinski definition) is 9. The van der Waals surface area contributed by atoms with Crippen molar-refractivity contribution in [3.8, 4) is 11.5 Å². The van der Waals surface area contributed by atoms with Gasteiger partial charge in [-0.3, -0.25) is 4.79 Å². The Labute approximate surface area is 192 Å². The molecule has 0 spiro atoms. The van der Waals surface area contributed by atoms with E-state index < -0.39 is 11.4 Å². The highest BCUT2D eigenvalue weighted by atomic mass is 16.5. The van der Waals surface area contributed by atoms with E-state index in [-0.39, 0.29) is 35.9 Å². The number of nitrogen functional groups attached to an aromatic ring is 1. The van der Waals surface area contributed by atoms with Gasteiger partial charge in [0.2, 0.25) is 5.43 Å². The number of fused-ring (bicyclic) bond motifs is 2. The van der Waals surface area contributed by atoms with Gasteiger partial charge in [0.05, 0.1) is 25.0 Å². The number of aromatic nitrogens is 4. The molecule has 0 amide bonds. The maximum Gasteiger partial charge on any atom is 0.343 e. The molecule has 0 atom stereocenters. The number of benzene rings is 3. The van der Waals surface area contributed by atoms with E-state index in [1.54, 1.807) is 29.1 Å². The molecule has 0 saturated heterocycles. The summed E-state index contributed by atoms with van der Waals surface area (Å²) < 4.78 is 12.8. The van der Waals surface area contributed by atoms with Crippen molar-refractivity contribution in [2.45, 2.75) is 19.8 Å². The van der Waals surface area contributed by atoms with Crippen LogP contribution < -0.4 is 11.2 Å². The third-order valence-electron chi connectivity index (χ3n) is 5.29. The Morgan fingerprint density at radius 1 is 1.15 bits per heavy atom. The van der Waals surface area contributed by atoms with Crippen molar-refractivity contribution < 1.29 is 19.1 Å². The van der Waals surface area contributed by atoms with Crippen LogP contribution in [0.2, 0.25) is 0 Å². The molecule has 2 aliphatic rings. The predicted octanol–water partition coefficient (Wildman–Crippen LogP) is 2.36. The van der Waals surface area contributed by atoms with Gasteiger partial charge in [-0.25, -0.2) is 14.5 Å². The van der Waals surface area contributed by atoms with Crippen LogP contribution >= 0.6 is 0 Å². The second-order valence-electron chi connectivity index (χ2n) is 7.62. The largest absolute Gasteiger partial charge is 0.455 e. The van der Waals surface area contributed by atoms with Crippen LogP contribution in [-0.2, 0) is 24.5 Å². The number of ether oxygens (including phenoxy) is 1. The van der Waals surface area contributed by atoms with E-state index in [0.29, 0.717) is 28.9 Å². The molecule has 0 bridgehead atoms. The Balaban J connectivity index is 1.43. The Bertz CT molecular complexity index is 1530. The predicted molar refractivity (Wildman–Crippen MR) is 122 cm³/mol. The monoisotopic (exact) mass is 457 g/mol. The molecule has 3 N–H and O–H groups in total. The fourth-order valence-corrected chi connectivity index (χ4v) is 3.63. The van der Waals surface area contributed by atoms with Gasteiger partial charge >= 0.3 is 5.97 Å². The number of esters is 1. The zero-order valence-corrected chi connectivity index (χ0v) is 17.8. The lowest BCUT2D eigenvalue weighted by Gasteiger charge is -2.13. The van der Waals surface area contributed by atoms with Gasteiger partial charge in [-0.1, -0.05) is 47.7 Å². The van der Waals surface area contributed by atoms with Crippen molar-refractivity contribution in [3.63, 3.8) is 0 Å². The highest BCUT2D eigenvalue weighted by molar-refractivity contribution is 6.02. The normalized spacial score (nSPS) is 11.2. The summed E-state index contributed by atoms with van der Waals surface area (Å²) in [6.07, 6.45) is 1.67. The summed E-state index contributed by atoms with van der Waals surface area (Å²) in [6.45, 7) is 0.0620. The smallest absolute Gasteiger partial charge is 0.343 e. The number of aliphatic hydroxyl groups excluding tert-OH is 1. The molecule has 2 aromatic carbocycles. The minimum Gasteiger partial charge on any atom is -0.455 e. The molecule has 0 saturated carbocycles. The van der Waals surface area contributed by atoms with Crippen LogP contribution in [0.5, 0.6) is 0 Å². The highest BCUT2D eigenvalue weighted by Gasteiger charge is 2.26. The van der Waals surface area contributed by atoms with Gasteiger partial charge in [0, 0.05) is 11.6 Å². The van der Waals surface area contributed by atoms with E-state index in [0.717, 1.165) is 5.56 Å². The minimum absolute atomic E-state index is 0.0724. The number of carbonyl (C=O) groups is 1. The fraction of sp³-hybridized carbons (Fsp3) is 0.125. The van der Waals surface area contributed by atoms with Crippen molar-refractivity contribution in [2.24, 2.45) is 0 Å². The first-order valence-electron chi connectivity index (χ1n) is 10.4. The number of carbonyl (C=O) groups excluding carboxylic acids is 1. The molecule has 0 fully saturated rings. The van der Waals surface area contributed by atoms with Crippen molar-refractivity contribution in [2.75, 3.05) is 5.73 Å². The van der Waals surface area contributed by atoms with Crippen LogP contribution in [-0.4, -0.2) is 31.1 Å². The van der Waals surface area contributed by atoms with Gasteiger partial charge in [0.25, 0.3) is 0 Å². The maximum absolute atomic E-state index is 13.0. The number of aliphatic hydroxyl groups is 1. The Morgan fingerprint density at radius 2 is 1.97 bits per heavy atom. The molecule has 1 aliphatic carbocycles. The molecule has 0 unspecified atom stereocenters. The second kappa shape index (κ2) is 8.75. The van der Waals surface area contributed by atoms with E-state index in [9.17, 15) is 14.7 Å². The molecular formula is C24H19N5O5. The SMILES string of the molecule is Nc1c(C(=O)OCc2cn(Cc3ccccc3)nn2)c2nc3c(CO)cccc3oc-2cc1=O. The molecule has 34 heavy (non-hydrogen) atoms.